The zero-order chi connectivity index (χ0) is 14.3. The molecule has 0 spiro atoms. The second-order valence-electron chi connectivity index (χ2n) is 5.94. The third-order valence-corrected chi connectivity index (χ3v) is 4.28. The van der Waals surface area contributed by atoms with Crippen molar-refractivity contribution in [2.24, 2.45) is 5.41 Å². The van der Waals surface area contributed by atoms with E-state index >= 15 is 0 Å². The van der Waals surface area contributed by atoms with Crippen molar-refractivity contribution in [2.75, 3.05) is 25.1 Å². The van der Waals surface area contributed by atoms with Gasteiger partial charge in [0, 0.05) is 13.1 Å². The van der Waals surface area contributed by atoms with Crippen molar-refractivity contribution in [3.8, 4) is 5.88 Å². The Morgan fingerprint density at radius 2 is 2.15 bits per heavy atom. The summed E-state index contributed by atoms with van der Waals surface area (Å²) in [7, 11) is 1.59. The Morgan fingerprint density at radius 3 is 2.85 bits per heavy atom. The fourth-order valence-electron chi connectivity index (χ4n) is 2.78. The molecule has 20 heavy (non-hydrogen) atoms. The molecular formula is C13H18BrN5O. The topological polar surface area (TPSA) is 55.6 Å². The van der Waals surface area contributed by atoms with Crippen LogP contribution < -0.4 is 9.64 Å². The maximum atomic E-state index is 5.25. The van der Waals surface area contributed by atoms with Gasteiger partial charge >= 0.3 is 0 Å². The molecule has 0 saturated carbocycles. The highest BCUT2D eigenvalue weighted by Crippen LogP contribution is 2.32. The monoisotopic (exact) mass is 339 g/mol. The molecule has 7 heteroatoms. The average Bonchev–Trinajstić information content (AvgIpc) is 2.84. The Kier molecular flexibility index (Phi) is 3.32. The van der Waals surface area contributed by atoms with Crippen molar-refractivity contribution in [3.63, 3.8) is 0 Å². The van der Waals surface area contributed by atoms with Gasteiger partial charge in [0.2, 0.25) is 11.6 Å². The third-order valence-electron chi connectivity index (χ3n) is 3.72. The summed E-state index contributed by atoms with van der Waals surface area (Å²) in [5.74, 6) is 1.34. The van der Waals surface area contributed by atoms with E-state index in [-0.39, 0.29) is 0 Å². The van der Waals surface area contributed by atoms with E-state index in [2.05, 4.69) is 49.9 Å². The van der Waals surface area contributed by atoms with Crippen molar-refractivity contribution in [1.82, 2.24) is 19.6 Å². The Hall–Kier alpha value is -1.37. The number of ether oxygens (including phenoxy) is 1. The van der Waals surface area contributed by atoms with Crippen LogP contribution in [0.2, 0.25) is 0 Å². The van der Waals surface area contributed by atoms with Gasteiger partial charge in [-0.2, -0.15) is 0 Å². The average molecular weight is 340 g/mol. The second kappa shape index (κ2) is 4.87. The largest absolute Gasteiger partial charge is 0.478 e. The molecule has 1 saturated heterocycles. The van der Waals surface area contributed by atoms with Crippen LogP contribution in [0.25, 0.3) is 5.65 Å². The normalized spacial score (nSPS) is 18.5. The number of hydrogen-bond donors (Lipinski definition) is 0. The summed E-state index contributed by atoms with van der Waals surface area (Å²) in [6, 6.07) is 0. The predicted molar refractivity (Wildman–Crippen MR) is 80.3 cm³/mol. The Balaban J connectivity index is 2.08. The fraction of sp³-hybridized carbons (Fsp3) is 0.615. The second-order valence-corrected chi connectivity index (χ2v) is 6.75. The van der Waals surface area contributed by atoms with E-state index in [0.29, 0.717) is 16.9 Å². The molecule has 1 aliphatic heterocycles. The van der Waals surface area contributed by atoms with Gasteiger partial charge in [0.15, 0.2) is 0 Å². The van der Waals surface area contributed by atoms with E-state index in [1.165, 1.54) is 12.8 Å². The third kappa shape index (κ3) is 2.24. The first kappa shape index (κ1) is 13.6. The molecule has 0 bridgehead atoms. The van der Waals surface area contributed by atoms with Crippen LogP contribution in [0.15, 0.2) is 10.8 Å². The maximum Gasteiger partial charge on any atom is 0.260 e. The maximum absolute atomic E-state index is 5.25. The van der Waals surface area contributed by atoms with Crippen molar-refractivity contribution in [2.45, 2.75) is 26.7 Å². The number of piperidine rings is 1. The van der Waals surface area contributed by atoms with E-state index in [9.17, 15) is 0 Å². The van der Waals surface area contributed by atoms with Crippen LogP contribution in [0.5, 0.6) is 5.88 Å². The Morgan fingerprint density at radius 1 is 1.35 bits per heavy atom. The highest BCUT2D eigenvalue weighted by atomic mass is 79.9. The molecule has 0 N–H and O–H groups in total. The van der Waals surface area contributed by atoms with Gasteiger partial charge in [-0.15, -0.1) is 10.2 Å². The van der Waals surface area contributed by atoms with Gasteiger partial charge in [-0.1, -0.05) is 13.8 Å². The van der Waals surface area contributed by atoms with Gasteiger partial charge in [-0.05, 0) is 34.2 Å². The van der Waals surface area contributed by atoms with Gasteiger partial charge in [0.05, 0.1) is 13.3 Å². The number of nitrogens with zero attached hydrogens (tertiary/aromatic N) is 5. The SMILES string of the molecule is COc1ncc(Br)n2c(N3CCCC(C)(C)C3)nnc12. The highest BCUT2D eigenvalue weighted by molar-refractivity contribution is 9.10. The van der Waals surface area contributed by atoms with Gasteiger partial charge in [0.1, 0.15) is 4.60 Å². The molecule has 3 rings (SSSR count). The van der Waals surface area contributed by atoms with Crippen molar-refractivity contribution in [1.29, 1.82) is 0 Å². The van der Waals surface area contributed by atoms with Crippen molar-refractivity contribution in [3.05, 3.63) is 10.8 Å². The summed E-state index contributed by atoms with van der Waals surface area (Å²) >= 11 is 3.52. The Labute approximate surface area is 126 Å². The first-order valence-corrected chi connectivity index (χ1v) is 7.50. The predicted octanol–water partition coefficient (Wildman–Crippen LogP) is 2.52. The number of aromatic nitrogens is 4. The molecule has 6 nitrogen and oxygen atoms in total. The number of halogens is 1. The van der Waals surface area contributed by atoms with E-state index in [1.807, 2.05) is 4.40 Å². The molecule has 0 aromatic carbocycles. The van der Waals surface area contributed by atoms with Crippen LogP contribution in [-0.2, 0) is 0 Å². The van der Waals surface area contributed by atoms with Crippen LogP contribution in [0.4, 0.5) is 5.95 Å². The summed E-state index contributed by atoms with van der Waals surface area (Å²) < 4.78 is 8.03. The number of rotatable bonds is 2. The van der Waals surface area contributed by atoms with E-state index < -0.39 is 0 Å². The summed E-state index contributed by atoms with van der Waals surface area (Å²) in [6.07, 6.45) is 4.13. The molecule has 0 atom stereocenters. The molecule has 0 radical (unpaired) electrons. The summed E-state index contributed by atoms with van der Waals surface area (Å²) in [5, 5.41) is 8.57. The molecule has 1 aliphatic rings. The lowest BCUT2D eigenvalue weighted by molar-refractivity contribution is 0.290. The molecule has 3 heterocycles. The van der Waals surface area contributed by atoms with Crippen LogP contribution in [0.1, 0.15) is 26.7 Å². The van der Waals surface area contributed by atoms with E-state index in [4.69, 9.17) is 4.74 Å². The zero-order valence-electron chi connectivity index (χ0n) is 11.9. The summed E-state index contributed by atoms with van der Waals surface area (Å²) in [5.41, 5.74) is 0.938. The van der Waals surface area contributed by atoms with Crippen LogP contribution in [0.3, 0.4) is 0 Å². The smallest absolute Gasteiger partial charge is 0.260 e. The summed E-state index contributed by atoms with van der Waals surface area (Å²) in [4.78, 5) is 6.49. The van der Waals surface area contributed by atoms with Gasteiger partial charge in [0.25, 0.3) is 5.88 Å². The van der Waals surface area contributed by atoms with Gasteiger partial charge in [-0.3, -0.25) is 0 Å². The molecule has 2 aromatic heterocycles. The van der Waals surface area contributed by atoms with Crippen molar-refractivity contribution >= 4 is 27.5 Å². The molecule has 108 valence electrons. The standard InChI is InChI=1S/C13H18BrN5O/c1-13(2)5-4-6-18(8-13)12-17-16-10-11(20-3)15-7-9(14)19(10)12/h7H,4-6,8H2,1-3H3. The zero-order valence-corrected chi connectivity index (χ0v) is 13.5. The number of anilines is 1. The lowest BCUT2D eigenvalue weighted by atomic mass is 9.84. The fourth-order valence-corrected chi connectivity index (χ4v) is 3.21. The Bertz CT molecular complexity index is 639. The van der Waals surface area contributed by atoms with E-state index in [0.717, 1.165) is 23.6 Å². The quantitative estimate of drug-likeness (QED) is 0.841. The molecular weight excluding hydrogens is 322 g/mol. The molecule has 0 aliphatic carbocycles. The molecule has 0 unspecified atom stereocenters. The van der Waals surface area contributed by atoms with Gasteiger partial charge < -0.3 is 9.64 Å². The first-order chi connectivity index (χ1) is 9.52. The first-order valence-electron chi connectivity index (χ1n) is 6.70. The van der Waals surface area contributed by atoms with Crippen LogP contribution >= 0.6 is 15.9 Å². The molecule has 0 amide bonds. The highest BCUT2D eigenvalue weighted by Gasteiger charge is 2.29. The molecule has 1 fully saturated rings. The lowest BCUT2D eigenvalue weighted by Crippen LogP contribution is -2.41. The summed E-state index contributed by atoms with van der Waals surface area (Å²) in [6.45, 7) is 6.56. The minimum absolute atomic E-state index is 0.299. The number of methoxy groups -OCH3 is 1. The number of hydrogen-bond acceptors (Lipinski definition) is 5. The van der Waals surface area contributed by atoms with Gasteiger partial charge in [-0.25, -0.2) is 9.38 Å². The lowest BCUT2D eigenvalue weighted by Gasteiger charge is -2.38. The molecule has 2 aromatic rings. The minimum Gasteiger partial charge on any atom is -0.478 e. The van der Waals surface area contributed by atoms with Crippen LogP contribution in [-0.4, -0.2) is 39.8 Å². The van der Waals surface area contributed by atoms with Crippen molar-refractivity contribution < 1.29 is 4.74 Å². The number of fused-ring (bicyclic) bond motifs is 1. The van der Waals surface area contributed by atoms with Crippen LogP contribution in [0, 0.1) is 5.41 Å². The van der Waals surface area contributed by atoms with E-state index in [1.54, 1.807) is 13.3 Å². The minimum atomic E-state index is 0.299.